The lowest BCUT2D eigenvalue weighted by molar-refractivity contribution is -0.137. The van der Waals surface area contributed by atoms with Crippen LogP contribution in [0, 0.1) is 6.92 Å². The number of carbonyl (C=O) groups excluding carboxylic acids is 1. The molecule has 0 N–H and O–H groups in total. The van der Waals surface area contributed by atoms with Crippen molar-refractivity contribution < 1.29 is 9.53 Å². The molecule has 0 fully saturated rings. The summed E-state index contributed by atoms with van der Waals surface area (Å²) in [6.07, 6.45) is 1.48. The SMILES string of the molecule is CCOC(=O)/C=C(\c1cccc(C)c1)c1ccc(Cl)c(Cl)c1. The lowest BCUT2D eigenvalue weighted by Crippen LogP contribution is -2.02. The first-order valence-electron chi connectivity index (χ1n) is 6.92. The maximum atomic E-state index is 11.9. The number of rotatable bonds is 4. The second kappa shape index (κ2) is 7.48. The Balaban J connectivity index is 2.54. The topological polar surface area (TPSA) is 26.3 Å². The fourth-order valence-corrected chi connectivity index (χ4v) is 2.41. The second-order valence-electron chi connectivity index (χ2n) is 4.81. The summed E-state index contributed by atoms with van der Waals surface area (Å²) < 4.78 is 5.03. The maximum absolute atomic E-state index is 11.9. The van der Waals surface area contributed by atoms with Gasteiger partial charge in [0.25, 0.3) is 0 Å². The van der Waals surface area contributed by atoms with Gasteiger partial charge in [0, 0.05) is 6.08 Å². The van der Waals surface area contributed by atoms with Crippen molar-refractivity contribution in [1.29, 1.82) is 0 Å². The van der Waals surface area contributed by atoms with Crippen LogP contribution in [-0.4, -0.2) is 12.6 Å². The molecule has 22 heavy (non-hydrogen) atoms. The first kappa shape index (κ1) is 16.6. The maximum Gasteiger partial charge on any atom is 0.331 e. The Morgan fingerprint density at radius 3 is 2.45 bits per heavy atom. The van der Waals surface area contributed by atoms with Gasteiger partial charge in [-0.1, -0.05) is 59.1 Å². The molecule has 0 unspecified atom stereocenters. The van der Waals surface area contributed by atoms with Crippen molar-refractivity contribution in [3.8, 4) is 0 Å². The summed E-state index contributed by atoms with van der Waals surface area (Å²) in [5.41, 5.74) is 3.59. The third kappa shape index (κ3) is 4.12. The molecule has 0 saturated heterocycles. The minimum Gasteiger partial charge on any atom is -0.463 e. The number of halogens is 2. The largest absolute Gasteiger partial charge is 0.463 e. The molecular formula is C18H16Cl2O2. The van der Waals surface area contributed by atoms with Crippen molar-refractivity contribution in [3.63, 3.8) is 0 Å². The summed E-state index contributed by atoms with van der Waals surface area (Å²) >= 11 is 12.1. The monoisotopic (exact) mass is 334 g/mol. The van der Waals surface area contributed by atoms with E-state index in [0.29, 0.717) is 16.7 Å². The van der Waals surface area contributed by atoms with Gasteiger partial charge in [0.1, 0.15) is 0 Å². The highest BCUT2D eigenvalue weighted by atomic mass is 35.5. The zero-order valence-corrected chi connectivity index (χ0v) is 13.9. The molecule has 0 radical (unpaired) electrons. The number of aryl methyl sites for hydroxylation is 1. The minimum atomic E-state index is -0.384. The van der Waals surface area contributed by atoms with Crippen molar-refractivity contribution in [2.24, 2.45) is 0 Å². The molecule has 0 bridgehead atoms. The Bertz CT molecular complexity index is 721. The molecule has 0 atom stereocenters. The van der Waals surface area contributed by atoms with Crippen molar-refractivity contribution in [2.45, 2.75) is 13.8 Å². The molecule has 4 heteroatoms. The summed E-state index contributed by atoms with van der Waals surface area (Å²) in [6.45, 7) is 4.11. The molecule has 0 saturated carbocycles. The van der Waals surface area contributed by atoms with Gasteiger partial charge in [-0.25, -0.2) is 4.79 Å². The highest BCUT2D eigenvalue weighted by Crippen LogP contribution is 2.30. The molecule has 0 amide bonds. The number of esters is 1. The van der Waals surface area contributed by atoms with E-state index >= 15 is 0 Å². The van der Waals surface area contributed by atoms with Gasteiger partial charge < -0.3 is 4.74 Å². The van der Waals surface area contributed by atoms with Crippen molar-refractivity contribution in [3.05, 3.63) is 75.3 Å². The summed E-state index contributed by atoms with van der Waals surface area (Å²) in [7, 11) is 0. The second-order valence-corrected chi connectivity index (χ2v) is 5.62. The molecule has 2 rings (SSSR count). The number of hydrogen-bond acceptors (Lipinski definition) is 2. The summed E-state index contributed by atoms with van der Waals surface area (Å²) in [5.74, 6) is -0.384. The van der Waals surface area contributed by atoms with E-state index in [-0.39, 0.29) is 5.97 Å². The normalized spacial score (nSPS) is 11.4. The summed E-state index contributed by atoms with van der Waals surface area (Å²) in [4.78, 5) is 11.9. The third-order valence-electron chi connectivity index (χ3n) is 3.11. The van der Waals surface area contributed by atoms with Gasteiger partial charge in [-0.05, 0) is 42.7 Å². The summed E-state index contributed by atoms with van der Waals surface area (Å²) in [5, 5.41) is 0.923. The van der Waals surface area contributed by atoms with Gasteiger partial charge in [0.2, 0.25) is 0 Å². The highest BCUT2D eigenvalue weighted by Gasteiger charge is 2.10. The lowest BCUT2D eigenvalue weighted by atomic mass is 9.96. The average Bonchev–Trinajstić information content (AvgIpc) is 2.48. The fraction of sp³-hybridized carbons (Fsp3) is 0.167. The molecule has 2 aromatic rings. The van der Waals surface area contributed by atoms with E-state index in [1.165, 1.54) is 6.08 Å². The van der Waals surface area contributed by atoms with Crippen LogP contribution in [0.15, 0.2) is 48.5 Å². The molecule has 0 aliphatic heterocycles. The molecule has 114 valence electrons. The molecule has 0 heterocycles. The van der Waals surface area contributed by atoms with Gasteiger partial charge in [0.15, 0.2) is 0 Å². The van der Waals surface area contributed by atoms with Crippen LogP contribution in [0.4, 0.5) is 0 Å². The lowest BCUT2D eigenvalue weighted by Gasteiger charge is -2.10. The molecule has 0 spiro atoms. The first-order chi connectivity index (χ1) is 10.5. The molecule has 2 nitrogen and oxygen atoms in total. The minimum absolute atomic E-state index is 0.331. The zero-order chi connectivity index (χ0) is 16.1. The Morgan fingerprint density at radius 1 is 1.09 bits per heavy atom. The Hall–Kier alpha value is -1.77. The number of benzene rings is 2. The van der Waals surface area contributed by atoms with Crippen LogP contribution in [0.1, 0.15) is 23.6 Å². The smallest absolute Gasteiger partial charge is 0.331 e. The zero-order valence-electron chi connectivity index (χ0n) is 12.4. The van der Waals surface area contributed by atoms with Crippen molar-refractivity contribution in [1.82, 2.24) is 0 Å². The molecule has 0 aliphatic rings. The van der Waals surface area contributed by atoms with Crippen molar-refractivity contribution in [2.75, 3.05) is 6.61 Å². The quantitative estimate of drug-likeness (QED) is 0.560. The van der Waals surface area contributed by atoms with E-state index in [2.05, 4.69) is 0 Å². The molecular weight excluding hydrogens is 319 g/mol. The number of carbonyl (C=O) groups is 1. The fourth-order valence-electron chi connectivity index (χ4n) is 2.11. The van der Waals surface area contributed by atoms with Crippen LogP contribution in [0.25, 0.3) is 5.57 Å². The van der Waals surface area contributed by atoms with Crippen LogP contribution in [-0.2, 0) is 9.53 Å². The van der Waals surface area contributed by atoms with Crippen molar-refractivity contribution >= 4 is 34.7 Å². The Kier molecular flexibility index (Phi) is 5.64. The highest BCUT2D eigenvalue weighted by molar-refractivity contribution is 6.42. The van der Waals surface area contributed by atoms with E-state index in [0.717, 1.165) is 22.3 Å². The van der Waals surface area contributed by atoms with E-state index in [9.17, 15) is 4.79 Å². The standard InChI is InChI=1S/C18H16Cl2O2/c1-3-22-18(21)11-15(13-6-4-5-12(2)9-13)14-7-8-16(19)17(20)10-14/h4-11H,3H2,1-2H3/b15-11+. The molecule has 0 aromatic heterocycles. The van der Waals surface area contributed by atoms with E-state index in [4.69, 9.17) is 27.9 Å². The van der Waals surface area contributed by atoms with Crippen LogP contribution >= 0.6 is 23.2 Å². The Labute approximate surface area is 140 Å². The molecule has 0 aliphatic carbocycles. The van der Waals surface area contributed by atoms with Gasteiger partial charge in [-0.15, -0.1) is 0 Å². The van der Waals surface area contributed by atoms with E-state index in [1.807, 2.05) is 37.3 Å². The number of ether oxygens (including phenoxy) is 1. The van der Waals surface area contributed by atoms with Gasteiger partial charge in [-0.3, -0.25) is 0 Å². The van der Waals surface area contributed by atoms with Crippen LogP contribution in [0.3, 0.4) is 0 Å². The average molecular weight is 335 g/mol. The van der Waals surface area contributed by atoms with E-state index in [1.54, 1.807) is 19.1 Å². The van der Waals surface area contributed by atoms with Crippen LogP contribution in [0.5, 0.6) is 0 Å². The Morgan fingerprint density at radius 2 is 1.82 bits per heavy atom. The summed E-state index contributed by atoms with van der Waals surface area (Å²) in [6, 6.07) is 13.2. The van der Waals surface area contributed by atoms with Crippen LogP contribution < -0.4 is 0 Å². The predicted octanol–water partition coefficient (Wildman–Crippen LogP) is 5.30. The number of hydrogen-bond donors (Lipinski definition) is 0. The van der Waals surface area contributed by atoms with E-state index < -0.39 is 0 Å². The third-order valence-corrected chi connectivity index (χ3v) is 3.85. The van der Waals surface area contributed by atoms with Crippen LogP contribution in [0.2, 0.25) is 10.0 Å². The van der Waals surface area contributed by atoms with Gasteiger partial charge >= 0.3 is 5.97 Å². The molecule has 2 aromatic carbocycles. The first-order valence-corrected chi connectivity index (χ1v) is 7.67. The predicted molar refractivity (Wildman–Crippen MR) is 91.4 cm³/mol. The van der Waals surface area contributed by atoms with Gasteiger partial charge in [0.05, 0.1) is 16.7 Å². The van der Waals surface area contributed by atoms with Gasteiger partial charge in [-0.2, -0.15) is 0 Å².